The van der Waals surface area contributed by atoms with E-state index in [4.69, 9.17) is 14.2 Å². The Balaban J connectivity index is 1.42. The van der Waals surface area contributed by atoms with Gasteiger partial charge < -0.3 is 24.8 Å². The third-order valence-corrected chi connectivity index (χ3v) is 4.03. The highest BCUT2D eigenvalue weighted by Crippen LogP contribution is 2.34. The van der Waals surface area contributed by atoms with E-state index in [1.54, 1.807) is 18.2 Å². The van der Waals surface area contributed by atoms with E-state index in [1.165, 1.54) is 0 Å². The number of rotatable bonds is 5. The zero-order valence-corrected chi connectivity index (χ0v) is 14.7. The zero-order valence-electron chi connectivity index (χ0n) is 13.1. The molecule has 2 N–H and O–H groups in total. The Morgan fingerprint density at radius 2 is 2.04 bits per heavy atom. The number of urea groups is 1. The molecule has 3 rings (SSSR count). The van der Waals surface area contributed by atoms with Gasteiger partial charge in [0, 0.05) is 10.5 Å². The predicted molar refractivity (Wildman–Crippen MR) is 94.0 cm³/mol. The van der Waals surface area contributed by atoms with Gasteiger partial charge in [-0.3, -0.25) is 0 Å². The molecule has 0 atom stereocenters. The normalized spacial score (nSPS) is 11.9. The van der Waals surface area contributed by atoms with E-state index >= 15 is 0 Å². The topological polar surface area (TPSA) is 68.8 Å². The SMILES string of the molecule is Cc1ccc(NC(=O)NCCOc2ccc3c(c2)OCO3)c(Br)c1. The molecule has 0 aliphatic carbocycles. The van der Waals surface area contributed by atoms with E-state index in [0.717, 1.165) is 15.7 Å². The van der Waals surface area contributed by atoms with E-state index in [-0.39, 0.29) is 12.8 Å². The van der Waals surface area contributed by atoms with Crippen molar-refractivity contribution in [2.75, 3.05) is 25.3 Å². The van der Waals surface area contributed by atoms with Crippen LogP contribution in [-0.2, 0) is 0 Å². The van der Waals surface area contributed by atoms with Crippen LogP contribution in [-0.4, -0.2) is 26.0 Å². The fourth-order valence-electron chi connectivity index (χ4n) is 2.19. The molecule has 1 aliphatic heterocycles. The first kappa shape index (κ1) is 16.4. The number of hydrogen-bond acceptors (Lipinski definition) is 4. The molecule has 2 aromatic rings. The molecule has 0 saturated heterocycles. The first-order chi connectivity index (χ1) is 11.6. The molecule has 0 unspecified atom stereocenters. The molecule has 1 aliphatic rings. The smallest absolute Gasteiger partial charge is 0.319 e. The molecule has 24 heavy (non-hydrogen) atoms. The number of carbonyl (C=O) groups excluding carboxylic acids is 1. The van der Waals surface area contributed by atoms with Crippen LogP contribution in [0, 0.1) is 6.92 Å². The second kappa shape index (κ2) is 7.44. The monoisotopic (exact) mass is 392 g/mol. The Bertz CT molecular complexity index is 751. The number of nitrogens with one attached hydrogen (secondary N) is 2. The number of anilines is 1. The Kier molecular flexibility index (Phi) is 5.10. The number of hydrogen-bond donors (Lipinski definition) is 2. The van der Waals surface area contributed by atoms with E-state index in [1.807, 2.05) is 25.1 Å². The van der Waals surface area contributed by atoms with Crippen LogP contribution in [0.3, 0.4) is 0 Å². The Labute approximate surface area is 148 Å². The second-order valence-electron chi connectivity index (χ2n) is 5.23. The van der Waals surface area contributed by atoms with E-state index in [2.05, 4.69) is 26.6 Å². The highest BCUT2D eigenvalue weighted by atomic mass is 79.9. The lowest BCUT2D eigenvalue weighted by Crippen LogP contribution is -2.32. The van der Waals surface area contributed by atoms with Gasteiger partial charge in [-0.25, -0.2) is 4.79 Å². The fourth-order valence-corrected chi connectivity index (χ4v) is 2.78. The molecule has 6 nitrogen and oxygen atoms in total. The highest BCUT2D eigenvalue weighted by Gasteiger charge is 2.13. The Hall–Kier alpha value is -2.41. The van der Waals surface area contributed by atoms with Crippen molar-refractivity contribution in [3.8, 4) is 17.2 Å². The van der Waals surface area contributed by atoms with Crippen LogP contribution in [0.2, 0.25) is 0 Å². The van der Waals surface area contributed by atoms with Gasteiger partial charge in [0.15, 0.2) is 11.5 Å². The summed E-state index contributed by atoms with van der Waals surface area (Å²) in [7, 11) is 0. The number of amides is 2. The highest BCUT2D eigenvalue weighted by molar-refractivity contribution is 9.10. The summed E-state index contributed by atoms with van der Waals surface area (Å²) in [5, 5.41) is 5.52. The van der Waals surface area contributed by atoms with Crippen LogP contribution < -0.4 is 24.8 Å². The summed E-state index contributed by atoms with van der Waals surface area (Å²) in [5.74, 6) is 2.05. The molecule has 7 heteroatoms. The third-order valence-electron chi connectivity index (χ3n) is 3.37. The van der Waals surface area contributed by atoms with Crippen molar-refractivity contribution in [3.63, 3.8) is 0 Å². The Morgan fingerprint density at radius 3 is 2.88 bits per heavy atom. The molecule has 0 aromatic heterocycles. The van der Waals surface area contributed by atoms with E-state index < -0.39 is 0 Å². The predicted octanol–water partition coefficient (Wildman–Crippen LogP) is 3.69. The molecule has 0 bridgehead atoms. The summed E-state index contributed by atoms with van der Waals surface area (Å²) in [6.45, 7) is 2.95. The van der Waals surface area contributed by atoms with Gasteiger partial charge in [0.1, 0.15) is 12.4 Å². The van der Waals surface area contributed by atoms with Gasteiger partial charge in [-0.05, 0) is 52.7 Å². The molecular formula is C17H17BrN2O4. The van der Waals surface area contributed by atoms with Crippen LogP contribution in [0.25, 0.3) is 0 Å². The second-order valence-corrected chi connectivity index (χ2v) is 6.08. The van der Waals surface area contributed by atoms with E-state index in [0.29, 0.717) is 30.4 Å². The number of aryl methyl sites for hydroxylation is 1. The average molecular weight is 393 g/mol. The summed E-state index contributed by atoms with van der Waals surface area (Å²) < 4.78 is 16.9. The number of halogens is 1. The molecule has 126 valence electrons. The maximum atomic E-state index is 11.9. The first-order valence-corrected chi connectivity index (χ1v) is 8.24. The lowest BCUT2D eigenvalue weighted by atomic mass is 10.2. The number of fused-ring (bicyclic) bond motifs is 1. The van der Waals surface area contributed by atoms with Crippen molar-refractivity contribution in [2.45, 2.75) is 6.92 Å². The molecule has 2 amide bonds. The fraction of sp³-hybridized carbons (Fsp3) is 0.235. The molecule has 0 fully saturated rings. The van der Waals surface area contributed by atoms with Crippen LogP contribution in [0.1, 0.15) is 5.56 Å². The minimum Gasteiger partial charge on any atom is -0.492 e. The van der Waals surface area contributed by atoms with Crippen molar-refractivity contribution in [1.29, 1.82) is 0 Å². The van der Waals surface area contributed by atoms with Crippen LogP contribution >= 0.6 is 15.9 Å². The Morgan fingerprint density at radius 1 is 1.21 bits per heavy atom. The number of ether oxygens (including phenoxy) is 3. The van der Waals surface area contributed by atoms with Crippen molar-refractivity contribution in [3.05, 3.63) is 46.4 Å². The number of carbonyl (C=O) groups is 1. The molecule has 0 radical (unpaired) electrons. The van der Waals surface area contributed by atoms with Crippen molar-refractivity contribution in [1.82, 2.24) is 5.32 Å². The molecule has 0 saturated carbocycles. The van der Waals surface area contributed by atoms with Gasteiger partial charge >= 0.3 is 6.03 Å². The lowest BCUT2D eigenvalue weighted by Gasteiger charge is -2.11. The summed E-state index contributed by atoms with van der Waals surface area (Å²) in [5.41, 5.74) is 1.83. The third kappa shape index (κ3) is 4.11. The van der Waals surface area contributed by atoms with Crippen molar-refractivity contribution < 1.29 is 19.0 Å². The van der Waals surface area contributed by atoms with Gasteiger partial charge in [-0.15, -0.1) is 0 Å². The molecular weight excluding hydrogens is 376 g/mol. The van der Waals surface area contributed by atoms with E-state index in [9.17, 15) is 4.79 Å². The summed E-state index contributed by atoms with van der Waals surface area (Å²) >= 11 is 3.42. The summed E-state index contributed by atoms with van der Waals surface area (Å²) in [6, 6.07) is 10.8. The summed E-state index contributed by atoms with van der Waals surface area (Å²) in [4.78, 5) is 11.9. The van der Waals surface area contributed by atoms with Crippen LogP contribution in [0.5, 0.6) is 17.2 Å². The van der Waals surface area contributed by atoms with Gasteiger partial charge in [0.2, 0.25) is 6.79 Å². The minimum absolute atomic E-state index is 0.231. The largest absolute Gasteiger partial charge is 0.492 e. The standard InChI is InChI=1S/C17H17BrN2O4/c1-11-2-4-14(13(18)8-11)20-17(21)19-6-7-22-12-3-5-15-16(9-12)24-10-23-15/h2-5,8-9H,6-7,10H2,1H3,(H2,19,20,21). The number of benzene rings is 2. The zero-order chi connectivity index (χ0) is 16.9. The minimum atomic E-state index is -0.283. The van der Waals surface area contributed by atoms with Gasteiger partial charge in [0.25, 0.3) is 0 Å². The maximum absolute atomic E-state index is 11.9. The maximum Gasteiger partial charge on any atom is 0.319 e. The van der Waals surface area contributed by atoms with Crippen molar-refractivity contribution in [2.24, 2.45) is 0 Å². The average Bonchev–Trinajstić information content (AvgIpc) is 3.02. The van der Waals surface area contributed by atoms with Crippen molar-refractivity contribution >= 4 is 27.6 Å². The van der Waals surface area contributed by atoms with Crippen LogP contribution in [0.15, 0.2) is 40.9 Å². The quantitative estimate of drug-likeness (QED) is 0.761. The molecule has 0 spiro atoms. The van der Waals surface area contributed by atoms with Crippen LogP contribution in [0.4, 0.5) is 10.5 Å². The van der Waals surface area contributed by atoms with Gasteiger partial charge in [-0.1, -0.05) is 6.07 Å². The molecule has 1 heterocycles. The lowest BCUT2D eigenvalue weighted by molar-refractivity contribution is 0.173. The summed E-state index contributed by atoms with van der Waals surface area (Å²) in [6.07, 6.45) is 0. The molecule has 2 aromatic carbocycles. The van der Waals surface area contributed by atoms with Gasteiger partial charge in [-0.2, -0.15) is 0 Å². The van der Waals surface area contributed by atoms with Gasteiger partial charge in [0.05, 0.1) is 12.2 Å². The first-order valence-electron chi connectivity index (χ1n) is 7.45.